The summed E-state index contributed by atoms with van der Waals surface area (Å²) in [6.07, 6.45) is 3.44. The number of benzene rings is 1. The lowest BCUT2D eigenvalue weighted by Crippen LogP contribution is -2.39. The molecular weight excluding hydrogens is 278 g/mol. The van der Waals surface area contributed by atoms with E-state index in [1.807, 2.05) is 24.3 Å². The molecule has 0 unspecified atom stereocenters. The van der Waals surface area contributed by atoms with Gasteiger partial charge in [-0.25, -0.2) is 0 Å². The fourth-order valence-corrected chi connectivity index (χ4v) is 2.49. The highest BCUT2D eigenvalue weighted by atomic mass is 16.5. The highest BCUT2D eigenvalue weighted by Crippen LogP contribution is 2.18. The number of hydrogen-bond donors (Lipinski definition) is 1. The van der Waals surface area contributed by atoms with Crippen molar-refractivity contribution in [2.75, 3.05) is 39.9 Å². The average Bonchev–Trinajstić information content (AvgIpc) is 3.08. The lowest BCUT2D eigenvalue weighted by atomic mass is 10.3. The summed E-state index contributed by atoms with van der Waals surface area (Å²) in [5.41, 5.74) is 0. The smallest absolute Gasteiger partial charge is 0.193 e. The van der Waals surface area contributed by atoms with Crippen molar-refractivity contribution in [2.45, 2.75) is 26.2 Å². The summed E-state index contributed by atoms with van der Waals surface area (Å²) < 4.78 is 10.9. The first-order valence-corrected chi connectivity index (χ1v) is 8.13. The van der Waals surface area contributed by atoms with Gasteiger partial charge in [0.2, 0.25) is 0 Å². The van der Waals surface area contributed by atoms with Crippen LogP contribution in [0.2, 0.25) is 0 Å². The molecule has 1 saturated heterocycles. The molecule has 0 amide bonds. The Morgan fingerprint density at radius 1 is 1.27 bits per heavy atom. The van der Waals surface area contributed by atoms with Crippen molar-refractivity contribution in [1.82, 2.24) is 10.2 Å². The van der Waals surface area contributed by atoms with E-state index in [4.69, 9.17) is 9.47 Å². The SMILES string of the molecule is CCNC(=NCCCOc1cccc(OC)c1)N1CCCC1. The lowest BCUT2D eigenvalue weighted by molar-refractivity contribution is 0.310. The summed E-state index contributed by atoms with van der Waals surface area (Å²) in [7, 11) is 1.66. The van der Waals surface area contributed by atoms with Crippen LogP contribution in [-0.2, 0) is 0 Å². The first kappa shape index (κ1) is 16.5. The van der Waals surface area contributed by atoms with E-state index in [0.29, 0.717) is 6.61 Å². The summed E-state index contributed by atoms with van der Waals surface area (Å²) in [5.74, 6) is 2.70. The van der Waals surface area contributed by atoms with Gasteiger partial charge in [-0.05, 0) is 31.9 Å². The molecule has 1 aliphatic heterocycles. The molecule has 1 aromatic carbocycles. The van der Waals surface area contributed by atoms with Gasteiger partial charge in [-0.3, -0.25) is 4.99 Å². The Kier molecular flexibility index (Phi) is 6.87. The van der Waals surface area contributed by atoms with Crippen LogP contribution in [0.4, 0.5) is 0 Å². The maximum absolute atomic E-state index is 5.73. The second-order valence-electron chi connectivity index (χ2n) is 5.31. The molecule has 0 atom stereocenters. The van der Waals surface area contributed by atoms with E-state index < -0.39 is 0 Å². The quantitative estimate of drug-likeness (QED) is 0.478. The molecule has 2 rings (SSSR count). The van der Waals surface area contributed by atoms with Crippen LogP contribution in [-0.4, -0.2) is 50.8 Å². The molecule has 5 nitrogen and oxygen atoms in total. The van der Waals surface area contributed by atoms with E-state index >= 15 is 0 Å². The monoisotopic (exact) mass is 305 g/mol. The third-order valence-corrected chi connectivity index (χ3v) is 3.61. The van der Waals surface area contributed by atoms with Gasteiger partial charge in [0, 0.05) is 38.7 Å². The van der Waals surface area contributed by atoms with Crippen molar-refractivity contribution in [3.63, 3.8) is 0 Å². The Morgan fingerprint density at radius 3 is 2.77 bits per heavy atom. The predicted octanol–water partition coefficient (Wildman–Crippen LogP) is 2.53. The number of likely N-dealkylation sites (tertiary alicyclic amines) is 1. The molecule has 122 valence electrons. The zero-order valence-corrected chi connectivity index (χ0v) is 13.7. The van der Waals surface area contributed by atoms with Crippen LogP contribution in [0.25, 0.3) is 0 Å². The van der Waals surface area contributed by atoms with Gasteiger partial charge in [0.05, 0.1) is 13.7 Å². The van der Waals surface area contributed by atoms with E-state index in [2.05, 4.69) is 22.1 Å². The molecule has 22 heavy (non-hydrogen) atoms. The third kappa shape index (κ3) is 5.13. The minimum Gasteiger partial charge on any atom is -0.497 e. The van der Waals surface area contributed by atoms with Gasteiger partial charge in [-0.1, -0.05) is 6.07 Å². The summed E-state index contributed by atoms with van der Waals surface area (Å²) in [6, 6.07) is 7.69. The van der Waals surface area contributed by atoms with Crippen molar-refractivity contribution in [2.24, 2.45) is 4.99 Å². The van der Waals surface area contributed by atoms with Crippen LogP contribution in [0.15, 0.2) is 29.3 Å². The Hall–Kier alpha value is -1.91. The van der Waals surface area contributed by atoms with Crippen molar-refractivity contribution in [3.8, 4) is 11.5 Å². The van der Waals surface area contributed by atoms with Crippen LogP contribution in [0, 0.1) is 0 Å². The van der Waals surface area contributed by atoms with Gasteiger partial charge in [0.15, 0.2) is 5.96 Å². The second kappa shape index (κ2) is 9.18. The number of aliphatic imine (C=N–C) groups is 1. The zero-order valence-electron chi connectivity index (χ0n) is 13.7. The van der Waals surface area contributed by atoms with Gasteiger partial charge in [0.25, 0.3) is 0 Å². The van der Waals surface area contributed by atoms with E-state index in [-0.39, 0.29) is 0 Å². The molecule has 1 N–H and O–H groups in total. The fourth-order valence-electron chi connectivity index (χ4n) is 2.49. The van der Waals surface area contributed by atoms with Crippen LogP contribution < -0.4 is 14.8 Å². The largest absolute Gasteiger partial charge is 0.497 e. The number of nitrogens with zero attached hydrogens (tertiary/aromatic N) is 2. The van der Waals surface area contributed by atoms with Crippen LogP contribution in [0.3, 0.4) is 0 Å². The number of ether oxygens (including phenoxy) is 2. The van der Waals surface area contributed by atoms with E-state index in [1.54, 1.807) is 7.11 Å². The Morgan fingerprint density at radius 2 is 2.05 bits per heavy atom. The number of methoxy groups -OCH3 is 1. The van der Waals surface area contributed by atoms with Crippen LogP contribution in [0.5, 0.6) is 11.5 Å². The van der Waals surface area contributed by atoms with Crippen molar-refractivity contribution < 1.29 is 9.47 Å². The second-order valence-corrected chi connectivity index (χ2v) is 5.31. The first-order chi connectivity index (χ1) is 10.8. The van der Waals surface area contributed by atoms with Gasteiger partial charge in [-0.2, -0.15) is 0 Å². The average molecular weight is 305 g/mol. The van der Waals surface area contributed by atoms with Gasteiger partial charge < -0.3 is 19.7 Å². The summed E-state index contributed by atoms with van der Waals surface area (Å²) in [6.45, 7) is 6.70. The Bertz CT molecular complexity index is 471. The molecule has 0 radical (unpaired) electrons. The zero-order chi connectivity index (χ0) is 15.6. The van der Waals surface area contributed by atoms with Gasteiger partial charge in [-0.15, -0.1) is 0 Å². The maximum Gasteiger partial charge on any atom is 0.193 e. The number of guanidine groups is 1. The molecule has 5 heteroatoms. The molecule has 0 aromatic heterocycles. The molecule has 1 aromatic rings. The molecule has 0 bridgehead atoms. The van der Waals surface area contributed by atoms with Crippen molar-refractivity contribution >= 4 is 5.96 Å². The number of nitrogens with one attached hydrogen (secondary N) is 1. The standard InChI is InChI=1S/C17H27N3O2/c1-3-18-17(20-11-4-5-12-20)19-10-7-13-22-16-9-6-8-15(14-16)21-2/h6,8-9,14H,3-5,7,10-13H2,1-2H3,(H,18,19). The summed E-state index contributed by atoms with van der Waals surface area (Å²) in [4.78, 5) is 7.03. The van der Waals surface area contributed by atoms with E-state index in [1.165, 1.54) is 12.8 Å². The van der Waals surface area contributed by atoms with Crippen molar-refractivity contribution in [1.29, 1.82) is 0 Å². The molecule has 1 heterocycles. The highest BCUT2D eigenvalue weighted by molar-refractivity contribution is 5.80. The lowest BCUT2D eigenvalue weighted by Gasteiger charge is -2.20. The van der Waals surface area contributed by atoms with Crippen LogP contribution >= 0.6 is 0 Å². The predicted molar refractivity (Wildman–Crippen MR) is 89.9 cm³/mol. The molecule has 1 fully saturated rings. The summed E-state index contributed by atoms with van der Waals surface area (Å²) in [5, 5.41) is 3.37. The Labute approximate surface area is 133 Å². The number of rotatable bonds is 7. The third-order valence-electron chi connectivity index (χ3n) is 3.61. The minimum absolute atomic E-state index is 0.663. The molecule has 0 saturated carbocycles. The van der Waals surface area contributed by atoms with E-state index in [9.17, 15) is 0 Å². The maximum atomic E-state index is 5.73. The molecule has 0 aliphatic carbocycles. The molecular formula is C17H27N3O2. The topological polar surface area (TPSA) is 46.1 Å². The van der Waals surface area contributed by atoms with Crippen LogP contribution in [0.1, 0.15) is 26.2 Å². The molecule has 1 aliphatic rings. The van der Waals surface area contributed by atoms with Gasteiger partial charge >= 0.3 is 0 Å². The molecule has 0 spiro atoms. The van der Waals surface area contributed by atoms with Crippen molar-refractivity contribution in [3.05, 3.63) is 24.3 Å². The highest BCUT2D eigenvalue weighted by Gasteiger charge is 2.14. The fraction of sp³-hybridized carbons (Fsp3) is 0.588. The Balaban J connectivity index is 1.73. The van der Waals surface area contributed by atoms with Gasteiger partial charge in [0.1, 0.15) is 11.5 Å². The number of hydrogen-bond acceptors (Lipinski definition) is 3. The minimum atomic E-state index is 0.663. The normalized spacial score (nSPS) is 15.0. The summed E-state index contributed by atoms with van der Waals surface area (Å²) >= 11 is 0. The van der Waals surface area contributed by atoms with E-state index in [0.717, 1.165) is 50.1 Å². The first-order valence-electron chi connectivity index (χ1n) is 8.13.